The van der Waals surface area contributed by atoms with Crippen LogP contribution in [0, 0.1) is 0 Å². The number of anilines is 1. The number of halogens is 1. The van der Waals surface area contributed by atoms with Gasteiger partial charge in [0.25, 0.3) is 0 Å². The van der Waals surface area contributed by atoms with Crippen molar-refractivity contribution >= 4 is 17.3 Å². The Balaban J connectivity index is 2.09. The van der Waals surface area contributed by atoms with Crippen molar-refractivity contribution in [2.24, 2.45) is 0 Å². The van der Waals surface area contributed by atoms with Crippen molar-refractivity contribution in [3.63, 3.8) is 0 Å². The second kappa shape index (κ2) is 7.84. The SMILES string of the molecule is COCCNCc1ccc(Cl)cc1N(CCO)C1CC1. The minimum absolute atomic E-state index is 0.166. The van der Waals surface area contributed by atoms with E-state index in [-0.39, 0.29) is 6.61 Å². The first-order valence-corrected chi connectivity index (χ1v) is 7.49. The molecule has 112 valence electrons. The fourth-order valence-electron chi connectivity index (χ4n) is 2.34. The van der Waals surface area contributed by atoms with Gasteiger partial charge in [-0.1, -0.05) is 17.7 Å². The van der Waals surface area contributed by atoms with Crippen LogP contribution in [0.4, 0.5) is 5.69 Å². The summed E-state index contributed by atoms with van der Waals surface area (Å²) in [5.41, 5.74) is 2.35. The quantitative estimate of drug-likeness (QED) is 0.685. The van der Waals surface area contributed by atoms with E-state index in [1.807, 2.05) is 12.1 Å². The van der Waals surface area contributed by atoms with Gasteiger partial charge in [-0.2, -0.15) is 0 Å². The van der Waals surface area contributed by atoms with Crippen LogP contribution < -0.4 is 10.2 Å². The molecule has 0 unspecified atom stereocenters. The van der Waals surface area contributed by atoms with Crippen molar-refractivity contribution in [3.05, 3.63) is 28.8 Å². The van der Waals surface area contributed by atoms with Gasteiger partial charge < -0.3 is 20.1 Å². The Bertz CT molecular complexity index is 424. The number of hydrogen-bond acceptors (Lipinski definition) is 4. The molecule has 20 heavy (non-hydrogen) atoms. The van der Waals surface area contributed by atoms with Crippen molar-refractivity contribution in [2.45, 2.75) is 25.4 Å². The van der Waals surface area contributed by atoms with Crippen LogP contribution in [-0.4, -0.2) is 44.6 Å². The van der Waals surface area contributed by atoms with Crippen LogP contribution in [0.3, 0.4) is 0 Å². The van der Waals surface area contributed by atoms with Crippen molar-refractivity contribution in [3.8, 4) is 0 Å². The van der Waals surface area contributed by atoms with Gasteiger partial charge in [-0.25, -0.2) is 0 Å². The van der Waals surface area contributed by atoms with Gasteiger partial charge in [0.05, 0.1) is 13.2 Å². The Morgan fingerprint density at radius 3 is 2.90 bits per heavy atom. The zero-order valence-corrected chi connectivity index (χ0v) is 12.7. The van der Waals surface area contributed by atoms with Gasteiger partial charge in [0, 0.05) is 43.5 Å². The summed E-state index contributed by atoms with van der Waals surface area (Å²) in [7, 11) is 1.70. The molecule has 5 heteroatoms. The third kappa shape index (κ3) is 4.35. The summed E-state index contributed by atoms with van der Waals surface area (Å²) < 4.78 is 5.04. The number of rotatable bonds is 9. The van der Waals surface area contributed by atoms with E-state index in [4.69, 9.17) is 16.3 Å². The molecule has 0 heterocycles. The van der Waals surface area contributed by atoms with E-state index in [1.54, 1.807) is 7.11 Å². The summed E-state index contributed by atoms with van der Waals surface area (Å²) in [5.74, 6) is 0. The molecule has 0 amide bonds. The van der Waals surface area contributed by atoms with E-state index in [9.17, 15) is 5.11 Å². The summed E-state index contributed by atoms with van der Waals surface area (Å²) in [5, 5.41) is 13.4. The molecule has 2 rings (SSSR count). The summed E-state index contributed by atoms with van der Waals surface area (Å²) >= 11 is 6.14. The summed E-state index contributed by atoms with van der Waals surface area (Å²) in [6.07, 6.45) is 2.39. The Morgan fingerprint density at radius 2 is 2.25 bits per heavy atom. The molecule has 1 saturated carbocycles. The third-order valence-electron chi connectivity index (χ3n) is 3.48. The zero-order chi connectivity index (χ0) is 14.4. The highest BCUT2D eigenvalue weighted by Gasteiger charge is 2.30. The third-order valence-corrected chi connectivity index (χ3v) is 3.72. The molecule has 0 saturated heterocycles. The van der Waals surface area contributed by atoms with E-state index < -0.39 is 0 Å². The molecular formula is C15H23ClN2O2. The molecule has 0 bridgehead atoms. The molecule has 2 N–H and O–H groups in total. The lowest BCUT2D eigenvalue weighted by Crippen LogP contribution is -2.30. The number of methoxy groups -OCH3 is 1. The lowest BCUT2D eigenvalue weighted by atomic mass is 10.1. The molecule has 1 fully saturated rings. The number of hydrogen-bond donors (Lipinski definition) is 2. The fraction of sp³-hybridized carbons (Fsp3) is 0.600. The van der Waals surface area contributed by atoms with Crippen molar-refractivity contribution in [1.82, 2.24) is 5.32 Å². The maximum absolute atomic E-state index is 9.27. The normalized spacial score (nSPS) is 14.6. The highest BCUT2D eigenvalue weighted by Crippen LogP contribution is 2.34. The molecule has 0 spiro atoms. The van der Waals surface area contributed by atoms with E-state index in [0.29, 0.717) is 19.2 Å². The average molecular weight is 299 g/mol. The Morgan fingerprint density at radius 1 is 1.45 bits per heavy atom. The lowest BCUT2D eigenvalue weighted by Gasteiger charge is -2.27. The number of aliphatic hydroxyl groups is 1. The molecule has 0 radical (unpaired) electrons. The minimum Gasteiger partial charge on any atom is -0.395 e. The minimum atomic E-state index is 0.166. The van der Waals surface area contributed by atoms with Crippen LogP contribution in [0.25, 0.3) is 0 Å². The smallest absolute Gasteiger partial charge is 0.0606 e. The molecular weight excluding hydrogens is 276 g/mol. The topological polar surface area (TPSA) is 44.7 Å². The number of benzene rings is 1. The molecule has 1 aromatic rings. The first kappa shape index (κ1) is 15.6. The summed E-state index contributed by atoms with van der Waals surface area (Å²) in [6, 6.07) is 6.54. The number of nitrogens with one attached hydrogen (secondary N) is 1. The molecule has 1 aromatic carbocycles. The van der Waals surface area contributed by atoms with Crippen LogP contribution in [0.2, 0.25) is 5.02 Å². The van der Waals surface area contributed by atoms with Crippen LogP contribution in [0.1, 0.15) is 18.4 Å². The lowest BCUT2D eigenvalue weighted by molar-refractivity contribution is 0.199. The predicted molar refractivity (Wildman–Crippen MR) is 82.5 cm³/mol. The first-order valence-electron chi connectivity index (χ1n) is 7.12. The highest BCUT2D eigenvalue weighted by molar-refractivity contribution is 6.30. The van der Waals surface area contributed by atoms with E-state index in [2.05, 4.69) is 16.3 Å². The molecule has 0 aromatic heterocycles. The van der Waals surface area contributed by atoms with Gasteiger partial charge in [-0.15, -0.1) is 0 Å². The maximum Gasteiger partial charge on any atom is 0.0606 e. The Kier molecular flexibility index (Phi) is 6.10. The van der Waals surface area contributed by atoms with Gasteiger partial charge in [0.15, 0.2) is 0 Å². The number of aliphatic hydroxyl groups excluding tert-OH is 1. The highest BCUT2D eigenvalue weighted by atomic mass is 35.5. The van der Waals surface area contributed by atoms with Crippen LogP contribution >= 0.6 is 11.6 Å². The Labute approximate surface area is 125 Å². The zero-order valence-electron chi connectivity index (χ0n) is 11.9. The van der Waals surface area contributed by atoms with Gasteiger partial charge in [-0.05, 0) is 30.5 Å². The maximum atomic E-state index is 9.27. The average Bonchev–Trinajstić information content (AvgIpc) is 3.27. The van der Waals surface area contributed by atoms with Crippen LogP contribution in [0.5, 0.6) is 0 Å². The van der Waals surface area contributed by atoms with Gasteiger partial charge in [0.2, 0.25) is 0 Å². The standard InChI is InChI=1S/C15H23ClN2O2/c1-20-9-6-17-11-12-2-3-13(16)10-15(12)18(7-8-19)14-4-5-14/h2-3,10,14,17,19H,4-9,11H2,1H3. The van der Waals surface area contributed by atoms with E-state index >= 15 is 0 Å². The monoisotopic (exact) mass is 298 g/mol. The van der Waals surface area contributed by atoms with Crippen LogP contribution in [-0.2, 0) is 11.3 Å². The molecule has 1 aliphatic carbocycles. The summed E-state index contributed by atoms with van der Waals surface area (Å²) in [6.45, 7) is 3.13. The second-order valence-corrected chi connectivity index (χ2v) is 5.53. The molecule has 0 aliphatic heterocycles. The van der Waals surface area contributed by atoms with Crippen LogP contribution in [0.15, 0.2) is 18.2 Å². The van der Waals surface area contributed by atoms with Gasteiger partial charge >= 0.3 is 0 Å². The van der Waals surface area contributed by atoms with Crippen molar-refractivity contribution in [1.29, 1.82) is 0 Å². The molecule has 4 nitrogen and oxygen atoms in total. The summed E-state index contributed by atoms with van der Waals surface area (Å²) in [4.78, 5) is 2.28. The van der Waals surface area contributed by atoms with Crippen molar-refractivity contribution < 1.29 is 9.84 Å². The Hall–Kier alpha value is -0.810. The van der Waals surface area contributed by atoms with Gasteiger partial charge in [-0.3, -0.25) is 0 Å². The second-order valence-electron chi connectivity index (χ2n) is 5.09. The van der Waals surface area contributed by atoms with Gasteiger partial charge in [0.1, 0.15) is 0 Å². The van der Waals surface area contributed by atoms with Crippen molar-refractivity contribution in [2.75, 3.05) is 38.3 Å². The van der Waals surface area contributed by atoms with E-state index in [1.165, 1.54) is 18.4 Å². The predicted octanol–water partition coefficient (Wildman–Crippen LogP) is 2.04. The molecule has 1 aliphatic rings. The number of ether oxygens (including phenoxy) is 1. The fourth-order valence-corrected chi connectivity index (χ4v) is 2.51. The number of nitrogens with zero attached hydrogens (tertiary/aromatic N) is 1. The molecule has 0 atom stereocenters. The largest absolute Gasteiger partial charge is 0.395 e. The van der Waals surface area contributed by atoms with E-state index in [0.717, 1.165) is 23.8 Å². The first-order chi connectivity index (χ1) is 9.76.